The van der Waals surface area contributed by atoms with Crippen LogP contribution in [0.1, 0.15) is 22.9 Å². The van der Waals surface area contributed by atoms with E-state index in [1.165, 1.54) is 12.1 Å². The van der Waals surface area contributed by atoms with Crippen LogP contribution in [-0.2, 0) is 13.0 Å². The Morgan fingerprint density at radius 1 is 1.33 bits per heavy atom. The first-order chi connectivity index (χ1) is 11.0. The van der Waals surface area contributed by atoms with Gasteiger partial charge in [0.05, 0.1) is 12.2 Å². The third-order valence-corrected chi connectivity index (χ3v) is 3.76. The Bertz CT molecular complexity index is 686. The first kappa shape index (κ1) is 20.7. The lowest BCUT2D eigenvalue weighted by atomic mass is 10.1. The molecule has 2 N–H and O–H groups in total. The van der Waals surface area contributed by atoms with Crippen molar-refractivity contribution in [1.82, 2.24) is 15.6 Å². The van der Waals surface area contributed by atoms with Gasteiger partial charge in [0, 0.05) is 18.6 Å². The molecule has 0 saturated heterocycles. The minimum Gasteiger partial charge on any atom is -0.444 e. The molecule has 0 aliphatic carbocycles. The van der Waals surface area contributed by atoms with Crippen molar-refractivity contribution >= 4 is 41.5 Å². The fourth-order valence-corrected chi connectivity index (χ4v) is 2.30. The average Bonchev–Trinajstić information content (AvgIpc) is 2.83. The lowest BCUT2D eigenvalue weighted by Crippen LogP contribution is -2.37. The highest BCUT2D eigenvalue weighted by molar-refractivity contribution is 14.0. The zero-order chi connectivity index (χ0) is 16.8. The molecule has 8 heteroatoms. The molecule has 1 heterocycles. The molecule has 2 rings (SSSR count). The van der Waals surface area contributed by atoms with Crippen molar-refractivity contribution in [2.24, 2.45) is 4.99 Å². The number of nitrogens with one attached hydrogen (secondary N) is 2. The van der Waals surface area contributed by atoms with Crippen molar-refractivity contribution in [3.8, 4) is 0 Å². The molecular formula is C16H21ClFIN4O. The van der Waals surface area contributed by atoms with Crippen molar-refractivity contribution in [3.05, 3.63) is 51.9 Å². The van der Waals surface area contributed by atoms with Gasteiger partial charge in [-0.3, -0.25) is 4.99 Å². The van der Waals surface area contributed by atoms with Gasteiger partial charge in [-0.1, -0.05) is 17.7 Å². The first-order valence-corrected chi connectivity index (χ1v) is 7.68. The summed E-state index contributed by atoms with van der Waals surface area (Å²) in [5, 5.41) is 6.73. The van der Waals surface area contributed by atoms with Gasteiger partial charge in [-0.15, -0.1) is 24.0 Å². The fraction of sp³-hybridized carbons (Fsp3) is 0.375. The summed E-state index contributed by atoms with van der Waals surface area (Å²) >= 11 is 6.00. The van der Waals surface area contributed by atoms with Gasteiger partial charge >= 0.3 is 0 Å². The largest absolute Gasteiger partial charge is 0.444 e. The van der Waals surface area contributed by atoms with E-state index in [1.807, 2.05) is 13.8 Å². The molecule has 0 spiro atoms. The topological polar surface area (TPSA) is 62.5 Å². The number of guanidine groups is 1. The highest BCUT2D eigenvalue weighted by atomic mass is 127. The summed E-state index contributed by atoms with van der Waals surface area (Å²) in [4.78, 5) is 8.43. The van der Waals surface area contributed by atoms with Gasteiger partial charge in [-0.05, 0) is 38.0 Å². The van der Waals surface area contributed by atoms with Gasteiger partial charge in [0.2, 0.25) is 5.89 Å². The van der Waals surface area contributed by atoms with Crippen molar-refractivity contribution in [2.45, 2.75) is 26.8 Å². The van der Waals surface area contributed by atoms with Crippen LogP contribution in [0.25, 0.3) is 0 Å². The van der Waals surface area contributed by atoms with Crippen LogP contribution in [0.3, 0.4) is 0 Å². The second kappa shape index (κ2) is 9.83. The van der Waals surface area contributed by atoms with Gasteiger partial charge in [-0.2, -0.15) is 0 Å². The van der Waals surface area contributed by atoms with Crippen LogP contribution in [0.5, 0.6) is 0 Å². The predicted molar refractivity (Wildman–Crippen MR) is 105 cm³/mol. The Labute approximate surface area is 163 Å². The van der Waals surface area contributed by atoms with Crippen LogP contribution in [-0.4, -0.2) is 24.5 Å². The summed E-state index contributed by atoms with van der Waals surface area (Å²) in [5.74, 6) is 1.73. The number of nitrogens with zero attached hydrogens (tertiary/aromatic N) is 2. The quantitative estimate of drug-likeness (QED) is 0.401. The molecule has 0 radical (unpaired) electrons. The van der Waals surface area contributed by atoms with Crippen LogP contribution < -0.4 is 10.6 Å². The van der Waals surface area contributed by atoms with Crippen LogP contribution in [0.2, 0.25) is 5.02 Å². The maximum atomic E-state index is 13.0. The van der Waals surface area contributed by atoms with Crippen LogP contribution in [0.4, 0.5) is 4.39 Å². The third kappa shape index (κ3) is 5.94. The number of benzene rings is 1. The van der Waals surface area contributed by atoms with Crippen molar-refractivity contribution in [2.75, 3.05) is 13.6 Å². The van der Waals surface area contributed by atoms with E-state index in [1.54, 1.807) is 13.1 Å². The number of halogens is 3. The van der Waals surface area contributed by atoms with E-state index in [9.17, 15) is 4.39 Å². The normalized spacial score (nSPS) is 11.1. The molecule has 0 amide bonds. The van der Waals surface area contributed by atoms with E-state index >= 15 is 0 Å². The lowest BCUT2D eigenvalue weighted by Gasteiger charge is -2.11. The molecule has 0 aliphatic rings. The van der Waals surface area contributed by atoms with E-state index in [2.05, 4.69) is 20.6 Å². The summed E-state index contributed by atoms with van der Waals surface area (Å²) in [6.45, 7) is 4.85. The molecule has 0 unspecified atom stereocenters. The van der Waals surface area contributed by atoms with Gasteiger partial charge in [0.25, 0.3) is 0 Å². The Morgan fingerprint density at radius 3 is 2.67 bits per heavy atom. The van der Waals surface area contributed by atoms with E-state index in [-0.39, 0.29) is 29.8 Å². The maximum absolute atomic E-state index is 13.0. The molecule has 1 aromatic carbocycles. The summed E-state index contributed by atoms with van der Waals surface area (Å²) in [6.07, 6.45) is 0.664. The predicted octanol–water partition coefficient (Wildman–Crippen LogP) is 3.61. The molecule has 1 aromatic heterocycles. The minimum absolute atomic E-state index is 0. The van der Waals surface area contributed by atoms with Gasteiger partial charge in [0.1, 0.15) is 11.6 Å². The second-order valence-corrected chi connectivity index (χ2v) is 5.49. The highest BCUT2D eigenvalue weighted by Crippen LogP contribution is 2.17. The van der Waals surface area contributed by atoms with E-state index in [4.69, 9.17) is 16.0 Å². The number of rotatable bonds is 5. The minimum atomic E-state index is -0.333. The van der Waals surface area contributed by atoms with Gasteiger partial charge in [-0.25, -0.2) is 9.37 Å². The summed E-state index contributed by atoms with van der Waals surface area (Å²) < 4.78 is 18.5. The highest BCUT2D eigenvalue weighted by Gasteiger charge is 2.07. The van der Waals surface area contributed by atoms with Crippen molar-refractivity contribution in [3.63, 3.8) is 0 Å². The monoisotopic (exact) mass is 466 g/mol. The molecule has 0 fully saturated rings. The molecule has 0 saturated carbocycles. The van der Waals surface area contributed by atoms with Crippen molar-refractivity contribution in [1.29, 1.82) is 0 Å². The zero-order valence-corrected chi connectivity index (χ0v) is 16.9. The molecule has 0 bridgehead atoms. The Kier molecular flexibility index (Phi) is 8.47. The molecule has 132 valence electrons. The fourth-order valence-electron chi connectivity index (χ4n) is 2.03. The van der Waals surface area contributed by atoms with Gasteiger partial charge in [0.15, 0.2) is 5.96 Å². The summed E-state index contributed by atoms with van der Waals surface area (Å²) in [5.41, 5.74) is 1.77. The van der Waals surface area contributed by atoms with Crippen molar-refractivity contribution < 1.29 is 8.81 Å². The SMILES string of the molecule is CN=C(NCCc1ccc(F)cc1Cl)NCc1nc(C)c(C)o1.I. The molecule has 0 aliphatic heterocycles. The smallest absolute Gasteiger partial charge is 0.214 e. The zero-order valence-electron chi connectivity index (χ0n) is 13.8. The van der Waals surface area contributed by atoms with Crippen LogP contribution in [0.15, 0.2) is 27.6 Å². The van der Waals surface area contributed by atoms with E-state index in [0.29, 0.717) is 36.4 Å². The van der Waals surface area contributed by atoms with E-state index in [0.717, 1.165) is 17.0 Å². The molecular weight excluding hydrogens is 446 g/mol. The molecule has 2 aromatic rings. The average molecular weight is 467 g/mol. The molecule has 24 heavy (non-hydrogen) atoms. The lowest BCUT2D eigenvalue weighted by molar-refractivity contribution is 0.464. The summed E-state index contributed by atoms with van der Waals surface area (Å²) in [6, 6.07) is 4.41. The number of aliphatic imine (C=N–C) groups is 1. The van der Waals surface area contributed by atoms with Crippen LogP contribution in [0, 0.1) is 19.7 Å². The standard InChI is InChI=1S/C16H20ClFN4O.HI/c1-10-11(2)23-15(22-10)9-21-16(19-3)20-7-6-12-4-5-13(18)8-14(12)17;/h4-5,8H,6-7,9H2,1-3H3,(H2,19,20,21);1H. The van der Waals surface area contributed by atoms with Crippen LogP contribution >= 0.6 is 35.6 Å². The Balaban J connectivity index is 0.00000288. The molecule has 0 atom stereocenters. The molecule has 5 nitrogen and oxygen atoms in total. The Hall–Kier alpha value is -1.35. The van der Waals surface area contributed by atoms with Gasteiger partial charge < -0.3 is 15.1 Å². The summed E-state index contributed by atoms with van der Waals surface area (Å²) in [7, 11) is 1.69. The number of aryl methyl sites for hydroxylation is 2. The second-order valence-electron chi connectivity index (χ2n) is 5.09. The number of hydrogen-bond donors (Lipinski definition) is 2. The maximum Gasteiger partial charge on any atom is 0.214 e. The number of aromatic nitrogens is 1. The van der Waals surface area contributed by atoms with E-state index < -0.39 is 0 Å². The first-order valence-electron chi connectivity index (χ1n) is 7.31. The third-order valence-electron chi connectivity index (χ3n) is 3.41. The number of oxazole rings is 1. The Morgan fingerprint density at radius 2 is 2.08 bits per heavy atom. The number of hydrogen-bond acceptors (Lipinski definition) is 3.